The minimum absolute atomic E-state index is 0.288. The Bertz CT molecular complexity index is 437. The van der Waals surface area contributed by atoms with Crippen LogP contribution in [-0.4, -0.2) is 24.2 Å². The molecule has 2 heterocycles. The number of nitrogens with one attached hydrogen (secondary N) is 2. The third kappa shape index (κ3) is 4.12. The number of rotatable bonds is 2. The fourth-order valence-electron chi connectivity index (χ4n) is 1.55. The van der Waals surface area contributed by atoms with E-state index in [1.54, 1.807) is 18.5 Å². The molecule has 0 unspecified atom stereocenters. The molecule has 18 heavy (non-hydrogen) atoms. The quantitative estimate of drug-likeness (QED) is 0.882. The minimum atomic E-state index is -0.288. The maximum atomic E-state index is 11.6. The van der Waals surface area contributed by atoms with Gasteiger partial charge < -0.3 is 10.1 Å². The summed E-state index contributed by atoms with van der Waals surface area (Å²) >= 11 is 3.28. The molecule has 1 fully saturated rings. The topological polar surface area (TPSA) is 63.2 Å². The van der Waals surface area contributed by atoms with Crippen LogP contribution < -0.4 is 10.6 Å². The summed E-state index contributed by atoms with van der Waals surface area (Å²) in [4.78, 5) is 15.6. The van der Waals surface area contributed by atoms with Crippen molar-refractivity contribution in [2.75, 3.05) is 18.5 Å². The SMILES string of the molecule is O=C(NC=C1CCOCC1)Nc1ccc(Br)cn1. The van der Waals surface area contributed by atoms with Gasteiger partial charge in [-0.2, -0.15) is 0 Å². The van der Waals surface area contributed by atoms with Crippen molar-refractivity contribution in [1.82, 2.24) is 10.3 Å². The highest BCUT2D eigenvalue weighted by Gasteiger charge is 2.06. The molecule has 1 aromatic rings. The number of anilines is 1. The molecule has 1 aromatic heterocycles. The maximum Gasteiger partial charge on any atom is 0.324 e. The molecule has 0 radical (unpaired) electrons. The molecule has 5 nitrogen and oxygen atoms in total. The molecule has 0 saturated carbocycles. The van der Waals surface area contributed by atoms with Crippen molar-refractivity contribution in [3.8, 4) is 0 Å². The van der Waals surface area contributed by atoms with Crippen LogP contribution in [-0.2, 0) is 4.74 Å². The van der Waals surface area contributed by atoms with Gasteiger partial charge in [-0.05, 0) is 46.5 Å². The second kappa shape index (κ2) is 6.51. The van der Waals surface area contributed by atoms with Crippen LogP contribution in [0.4, 0.5) is 10.6 Å². The van der Waals surface area contributed by atoms with Gasteiger partial charge in [0.25, 0.3) is 0 Å². The molecular formula is C12H14BrN3O2. The van der Waals surface area contributed by atoms with Crippen LogP contribution >= 0.6 is 15.9 Å². The smallest absolute Gasteiger partial charge is 0.324 e. The van der Waals surface area contributed by atoms with E-state index in [1.807, 2.05) is 6.07 Å². The Morgan fingerprint density at radius 3 is 2.83 bits per heavy atom. The van der Waals surface area contributed by atoms with Gasteiger partial charge in [0.2, 0.25) is 0 Å². The Balaban J connectivity index is 1.83. The van der Waals surface area contributed by atoms with Gasteiger partial charge in [0.05, 0.1) is 13.2 Å². The number of carbonyl (C=O) groups excluding carboxylic acids is 1. The van der Waals surface area contributed by atoms with E-state index in [4.69, 9.17) is 4.74 Å². The largest absolute Gasteiger partial charge is 0.381 e. The molecule has 0 bridgehead atoms. The van der Waals surface area contributed by atoms with Crippen LogP contribution in [0.3, 0.4) is 0 Å². The van der Waals surface area contributed by atoms with E-state index in [9.17, 15) is 4.79 Å². The summed E-state index contributed by atoms with van der Waals surface area (Å²) in [7, 11) is 0. The molecular weight excluding hydrogens is 298 g/mol. The monoisotopic (exact) mass is 311 g/mol. The number of hydrogen-bond donors (Lipinski definition) is 2. The lowest BCUT2D eigenvalue weighted by Crippen LogP contribution is -2.25. The van der Waals surface area contributed by atoms with Crippen LogP contribution in [0.25, 0.3) is 0 Å². The second-order valence-corrected chi connectivity index (χ2v) is 4.79. The first-order chi connectivity index (χ1) is 8.74. The average Bonchev–Trinajstić information content (AvgIpc) is 2.40. The second-order valence-electron chi connectivity index (χ2n) is 3.88. The third-order valence-corrected chi connectivity index (χ3v) is 2.98. The third-order valence-electron chi connectivity index (χ3n) is 2.51. The van der Waals surface area contributed by atoms with Crippen LogP contribution in [0.2, 0.25) is 0 Å². The number of hydrogen-bond acceptors (Lipinski definition) is 3. The minimum Gasteiger partial charge on any atom is -0.381 e. The standard InChI is InChI=1S/C12H14BrN3O2/c13-10-1-2-11(14-8-10)16-12(17)15-7-9-3-5-18-6-4-9/h1-2,7-8H,3-6H2,(H2,14,15,16,17). The highest BCUT2D eigenvalue weighted by molar-refractivity contribution is 9.10. The van der Waals surface area contributed by atoms with E-state index < -0.39 is 0 Å². The highest BCUT2D eigenvalue weighted by Crippen LogP contribution is 2.12. The number of ether oxygens (including phenoxy) is 1. The average molecular weight is 312 g/mol. The van der Waals surface area contributed by atoms with E-state index >= 15 is 0 Å². The van der Waals surface area contributed by atoms with Crippen LogP contribution in [0, 0.1) is 0 Å². The number of amides is 2. The Hall–Kier alpha value is -1.40. The van der Waals surface area contributed by atoms with Crippen molar-refractivity contribution >= 4 is 27.8 Å². The first-order valence-electron chi connectivity index (χ1n) is 5.69. The van der Waals surface area contributed by atoms with E-state index in [1.165, 1.54) is 5.57 Å². The van der Waals surface area contributed by atoms with Crippen LogP contribution in [0.5, 0.6) is 0 Å². The number of carbonyl (C=O) groups is 1. The van der Waals surface area contributed by atoms with Crippen molar-refractivity contribution in [2.24, 2.45) is 0 Å². The summed E-state index contributed by atoms with van der Waals surface area (Å²) in [6.07, 6.45) is 5.12. The summed E-state index contributed by atoms with van der Waals surface area (Å²) in [6, 6.07) is 3.26. The lowest BCUT2D eigenvalue weighted by molar-refractivity contribution is 0.119. The van der Waals surface area contributed by atoms with Gasteiger partial charge in [0.1, 0.15) is 5.82 Å². The predicted octanol–water partition coefficient (Wildman–Crippen LogP) is 2.66. The maximum absolute atomic E-state index is 11.6. The van der Waals surface area contributed by atoms with Gasteiger partial charge in [0.15, 0.2) is 0 Å². The predicted molar refractivity (Wildman–Crippen MR) is 72.2 cm³/mol. The number of aromatic nitrogens is 1. The Kier molecular flexibility index (Phi) is 4.72. The zero-order valence-electron chi connectivity index (χ0n) is 9.78. The van der Waals surface area contributed by atoms with E-state index in [0.29, 0.717) is 5.82 Å². The molecule has 2 amide bonds. The number of halogens is 1. The van der Waals surface area contributed by atoms with Crippen molar-refractivity contribution in [3.63, 3.8) is 0 Å². The first kappa shape index (κ1) is 13.0. The molecule has 0 spiro atoms. The molecule has 2 rings (SSSR count). The van der Waals surface area contributed by atoms with Crippen molar-refractivity contribution < 1.29 is 9.53 Å². The van der Waals surface area contributed by atoms with Gasteiger partial charge >= 0.3 is 6.03 Å². The molecule has 1 saturated heterocycles. The Morgan fingerprint density at radius 2 is 2.17 bits per heavy atom. The van der Waals surface area contributed by atoms with Gasteiger partial charge in [-0.25, -0.2) is 9.78 Å². The molecule has 6 heteroatoms. The van der Waals surface area contributed by atoms with Gasteiger partial charge in [-0.15, -0.1) is 0 Å². The van der Waals surface area contributed by atoms with Crippen LogP contribution in [0.15, 0.2) is 34.6 Å². The van der Waals surface area contributed by atoms with Gasteiger partial charge in [0, 0.05) is 16.9 Å². The molecule has 2 N–H and O–H groups in total. The molecule has 0 atom stereocenters. The van der Waals surface area contributed by atoms with Crippen LogP contribution in [0.1, 0.15) is 12.8 Å². The van der Waals surface area contributed by atoms with E-state index in [-0.39, 0.29) is 6.03 Å². The molecule has 0 aliphatic carbocycles. The fourth-order valence-corrected chi connectivity index (χ4v) is 1.78. The van der Waals surface area contributed by atoms with Crippen molar-refractivity contribution in [2.45, 2.75) is 12.8 Å². The van der Waals surface area contributed by atoms with Gasteiger partial charge in [-0.3, -0.25) is 5.32 Å². The van der Waals surface area contributed by atoms with Gasteiger partial charge in [-0.1, -0.05) is 0 Å². The molecule has 1 aliphatic heterocycles. The molecule has 96 valence electrons. The first-order valence-corrected chi connectivity index (χ1v) is 6.48. The summed E-state index contributed by atoms with van der Waals surface area (Å²) in [6.45, 7) is 1.45. The number of pyridine rings is 1. The van der Waals surface area contributed by atoms with E-state index in [0.717, 1.165) is 30.5 Å². The zero-order chi connectivity index (χ0) is 12.8. The number of nitrogens with zero attached hydrogens (tertiary/aromatic N) is 1. The Labute approximate surface area is 114 Å². The highest BCUT2D eigenvalue weighted by atomic mass is 79.9. The normalized spacial score (nSPS) is 15.1. The summed E-state index contributed by atoms with van der Waals surface area (Å²) in [5.41, 5.74) is 1.19. The lowest BCUT2D eigenvalue weighted by Gasteiger charge is -2.14. The zero-order valence-corrected chi connectivity index (χ0v) is 11.4. The van der Waals surface area contributed by atoms with E-state index in [2.05, 4.69) is 31.5 Å². The van der Waals surface area contributed by atoms with Crippen molar-refractivity contribution in [1.29, 1.82) is 0 Å². The lowest BCUT2D eigenvalue weighted by atomic mass is 10.1. The summed E-state index contributed by atoms with van der Waals surface area (Å²) < 4.78 is 6.10. The summed E-state index contributed by atoms with van der Waals surface area (Å²) in [5, 5.41) is 5.35. The molecule has 1 aliphatic rings. The molecule has 0 aromatic carbocycles. The summed E-state index contributed by atoms with van der Waals surface area (Å²) in [5.74, 6) is 0.515. The van der Waals surface area contributed by atoms with Crippen molar-refractivity contribution in [3.05, 3.63) is 34.6 Å². The number of urea groups is 1. The Morgan fingerprint density at radius 1 is 1.39 bits per heavy atom. The fraction of sp³-hybridized carbons (Fsp3) is 0.333.